The molecule has 0 saturated heterocycles. The molecule has 1 fully saturated rings. The highest BCUT2D eigenvalue weighted by atomic mass is 16.5. The van der Waals surface area contributed by atoms with Crippen molar-refractivity contribution in [3.8, 4) is 11.5 Å². The van der Waals surface area contributed by atoms with Gasteiger partial charge in [0, 0.05) is 30.7 Å². The van der Waals surface area contributed by atoms with Crippen molar-refractivity contribution in [2.45, 2.75) is 25.8 Å². The number of aromatic hydroxyl groups is 1. The summed E-state index contributed by atoms with van der Waals surface area (Å²) in [5, 5.41) is 22.7. The molecule has 20 heavy (non-hydrogen) atoms. The molecule has 0 atom stereocenters. The van der Waals surface area contributed by atoms with E-state index in [1.807, 2.05) is 12.1 Å². The number of aliphatic hydroxyl groups excluding tert-OH is 1. The van der Waals surface area contributed by atoms with E-state index in [-0.39, 0.29) is 17.8 Å². The molecule has 0 bridgehead atoms. The van der Waals surface area contributed by atoms with E-state index in [9.17, 15) is 10.2 Å². The summed E-state index contributed by atoms with van der Waals surface area (Å²) in [4.78, 5) is 0. The second kappa shape index (κ2) is 6.29. The molecule has 1 aliphatic rings. The number of nitrogens with one attached hydrogen (secondary N) is 1. The Morgan fingerprint density at radius 1 is 1.45 bits per heavy atom. The van der Waals surface area contributed by atoms with Crippen molar-refractivity contribution in [2.24, 2.45) is 5.41 Å². The zero-order chi connectivity index (χ0) is 14.6. The molecule has 1 aromatic carbocycles. The highest BCUT2D eigenvalue weighted by Crippen LogP contribution is 2.44. The van der Waals surface area contributed by atoms with Gasteiger partial charge in [-0.3, -0.25) is 0 Å². The molecule has 2 rings (SSSR count). The Labute approximate surface area is 120 Å². The van der Waals surface area contributed by atoms with Gasteiger partial charge in [-0.2, -0.15) is 0 Å². The van der Waals surface area contributed by atoms with E-state index in [1.54, 1.807) is 13.2 Å². The third kappa shape index (κ3) is 3.32. The number of allylic oxidation sites excluding steroid dienone is 1. The fourth-order valence-electron chi connectivity index (χ4n) is 2.34. The van der Waals surface area contributed by atoms with Gasteiger partial charge in [0.1, 0.15) is 0 Å². The smallest absolute Gasteiger partial charge is 0.161 e. The van der Waals surface area contributed by atoms with E-state index in [4.69, 9.17) is 4.74 Å². The lowest BCUT2D eigenvalue weighted by Crippen LogP contribution is -2.26. The first-order chi connectivity index (χ1) is 9.64. The number of phenols is 1. The lowest BCUT2D eigenvalue weighted by atomic mass is 10.0. The summed E-state index contributed by atoms with van der Waals surface area (Å²) < 4.78 is 5.20. The Hall–Kier alpha value is -1.52. The molecule has 1 aliphatic carbocycles. The van der Waals surface area contributed by atoms with Gasteiger partial charge >= 0.3 is 0 Å². The minimum Gasteiger partial charge on any atom is -0.504 e. The van der Waals surface area contributed by atoms with Crippen molar-refractivity contribution in [2.75, 3.05) is 20.3 Å². The first kappa shape index (κ1) is 14.9. The predicted octanol–water partition coefficient (Wildman–Crippen LogP) is 1.99. The van der Waals surface area contributed by atoms with Gasteiger partial charge in [-0.1, -0.05) is 12.1 Å². The van der Waals surface area contributed by atoms with Crippen LogP contribution in [0.25, 0.3) is 0 Å². The van der Waals surface area contributed by atoms with Crippen molar-refractivity contribution < 1.29 is 14.9 Å². The van der Waals surface area contributed by atoms with Crippen LogP contribution in [-0.2, 0) is 13.0 Å². The van der Waals surface area contributed by atoms with E-state index in [0.717, 1.165) is 30.5 Å². The molecule has 0 unspecified atom stereocenters. The normalized spacial score (nSPS) is 15.9. The minimum absolute atomic E-state index is 0.102. The van der Waals surface area contributed by atoms with Gasteiger partial charge in [-0.25, -0.2) is 0 Å². The fraction of sp³-hybridized carbons (Fsp3) is 0.500. The standard InChI is InChI=1S/C16H23NO3/c1-3-4-13-7-12(8-14(20-2)15(13)19)9-17-10-16(11-18)5-6-16/h3,7-8,17-19H,1,4-6,9-11H2,2H3. The topological polar surface area (TPSA) is 61.7 Å². The van der Waals surface area contributed by atoms with Crippen LogP contribution in [0.4, 0.5) is 0 Å². The Morgan fingerprint density at radius 2 is 2.20 bits per heavy atom. The molecule has 4 heteroatoms. The number of hydrogen-bond acceptors (Lipinski definition) is 4. The van der Waals surface area contributed by atoms with Crippen LogP contribution < -0.4 is 10.1 Å². The van der Waals surface area contributed by atoms with E-state index in [1.165, 1.54) is 0 Å². The first-order valence-electron chi connectivity index (χ1n) is 6.95. The van der Waals surface area contributed by atoms with Gasteiger partial charge in [0.15, 0.2) is 11.5 Å². The largest absolute Gasteiger partial charge is 0.504 e. The molecular weight excluding hydrogens is 254 g/mol. The van der Waals surface area contributed by atoms with Crippen molar-refractivity contribution in [1.82, 2.24) is 5.32 Å². The van der Waals surface area contributed by atoms with Crippen molar-refractivity contribution in [3.63, 3.8) is 0 Å². The zero-order valence-corrected chi connectivity index (χ0v) is 12.0. The summed E-state index contributed by atoms with van der Waals surface area (Å²) in [6, 6.07) is 3.80. The minimum atomic E-state index is 0.102. The summed E-state index contributed by atoms with van der Waals surface area (Å²) in [5.41, 5.74) is 1.98. The molecule has 4 nitrogen and oxygen atoms in total. The number of phenolic OH excluding ortho intramolecular Hbond substituents is 1. The van der Waals surface area contributed by atoms with Gasteiger partial charge < -0.3 is 20.3 Å². The number of rotatable bonds is 8. The molecule has 0 amide bonds. The van der Waals surface area contributed by atoms with Gasteiger partial charge in [0.25, 0.3) is 0 Å². The zero-order valence-electron chi connectivity index (χ0n) is 12.0. The van der Waals surface area contributed by atoms with Crippen LogP contribution in [0, 0.1) is 5.41 Å². The highest BCUT2D eigenvalue weighted by molar-refractivity contribution is 5.49. The number of aliphatic hydroxyl groups is 1. The average Bonchev–Trinajstić information content (AvgIpc) is 3.23. The monoisotopic (exact) mass is 277 g/mol. The highest BCUT2D eigenvalue weighted by Gasteiger charge is 2.41. The number of hydrogen-bond donors (Lipinski definition) is 3. The molecule has 3 N–H and O–H groups in total. The van der Waals surface area contributed by atoms with Crippen LogP contribution in [0.15, 0.2) is 24.8 Å². The molecule has 0 aliphatic heterocycles. The van der Waals surface area contributed by atoms with Crippen LogP contribution in [0.1, 0.15) is 24.0 Å². The summed E-state index contributed by atoms with van der Waals surface area (Å²) in [7, 11) is 1.55. The maximum absolute atomic E-state index is 10.0. The molecule has 1 aromatic rings. The molecule has 0 spiro atoms. The maximum atomic E-state index is 10.0. The van der Waals surface area contributed by atoms with E-state index in [2.05, 4.69) is 11.9 Å². The molecule has 0 heterocycles. The molecular formula is C16H23NO3. The van der Waals surface area contributed by atoms with Crippen molar-refractivity contribution in [3.05, 3.63) is 35.9 Å². The Morgan fingerprint density at radius 3 is 2.75 bits per heavy atom. The lowest BCUT2D eigenvalue weighted by molar-refractivity contribution is 0.207. The summed E-state index contributed by atoms with van der Waals surface area (Å²) in [6.07, 6.45) is 4.56. The summed E-state index contributed by atoms with van der Waals surface area (Å²) >= 11 is 0. The van der Waals surface area contributed by atoms with E-state index >= 15 is 0 Å². The first-order valence-corrected chi connectivity index (χ1v) is 6.95. The molecule has 0 radical (unpaired) electrons. The number of benzene rings is 1. The van der Waals surface area contributed by atoms with Gasteiger partial charge in [0.05, 0.1) is 7.11 Å². The SMILES string of the molecule is C=CCc1cc(CNCC2(CO)CC2)cc(OC)c1O. The second-order valence-corrected chi connectivity index (χ2v) is 5.56. The van der Waals surface area contributed by atoms with Gasteiger partial charge in [0.2, 0.25) is 0 Å². The van der Waals surface area contributed by atoms with Crippen LogP contribution in [-0.4, -0.2) is 30.5 Å². The third-order valence-electron chi connectivity index (χ3n) is 3.92. The Balaban J connectivity index is 2.03. The van der Waals surface area contributed by atoms with Crippen molar-refractivity contribution >= 4 is 0 Å². The predicted molar refractivity (Wildman–Crippen MR) is 79.0 cm³/mol. The van der Waals surface area contributed by atoms with Gasteiger partial charge in [-0.15, -0.1) is 6.58 Å². The number of ether oxygens (including phenoxy) is 1. The van der Waals surface area contributed by atoms with E-state index in [0.29, 0.717) is 18.7 Å². The lowest BCUT2D eigenvalue weighted by Gasteiger charge is -2.15. The second-order valence-electron chi connectivity index (χ2n) is 5.56. The average molecular weight is 277 g/mol. The maximum Gasteiger partial charge on any atom is 0.161 e. The van der Waals surface area contributed by atoms with Crippen LogP contribution >= 0.6 is 0 Å². The molecule has 0 aromatic heterocycles. The Kier molecular flexibility index (Phi) is 4.68. The summed E-state index contributed by atoms with van der Waals surface area (Å²) in [6.45, 7) is 5.47. The van der Waals surface area contributed by atoms with Crippen LogP contribution in [0.3, 0.4) is 0 Å². The van der Waals surface area contributed by atoms with Crippen LogP contribution in [0.5, 0.6) is 11.5 Å². The number of methoxy groups -OCH3 is 1. The molecule has 110 valence electrons. The van der Waals surface area contributed by atoms with E-state index < -0.39 is 0 Å². The van der Waals surface area contributed by atoms with Gasteiger partial charge in [-0.05, 0) is 30.9 Å². The fourth-order valence-corrected chi connectivity index (χ4v) is 2.34. The quantitative estimate of drug-likeness (QED) is 0.636. The van der Waals surface area contributed by atoms with Crippen LogP contribution in [0.2, 0.25) is 0 Å². The Bertz CT molecular complexity index is 481. The third-order valence-corrected chi connectivity index (χ3v) is 3.92. The molecule has 1 saturated carbocycles. The van der Waals surface area contributed by atoms with Crippen molar-refractivity contribution in [1.29, 1.82) is 0 Å². The summed E-state index contributed by atoms with van der Waals surface area (Å²) in [5.74, 6) is 0.676.